The van der Waals surface area contributed by atoms with E-state index in [0.29, 0.717) is 0 Å². The van der Waals surface area contributed by atoms with Crippen LogP contribution in [0.3, 0.4) is 0 Å². The molecule has 0 saturated heterocycles. The second-order valence-electron chi connectivity index (χ2n) is 12.8. The van der Waals surface area contributed by atoms with Crippen LogP contribution in [0.2, 0.25) is 0 Å². The molecule has 0 aliphatic heterocycles. The van der Waals surface area contributed by atoms with E-state index in [-0.39, 0.29) is 0 Å². The van der Waals surface area contributed by atoms with E-state index in [9.17, 15) is 0 Å². The third-order valence-electron chi connectivity index (χ3n) is 9.78. The standard InChI is InChI=1S/C48H29NO2/c1-2-10-32(11-3-1)33-20-26-36(27-21-33)49(37-28-22-34(23-29-37)39-14-8-16-43-41-12-4-6-18-45(41)50-47(39)43)38-30-24-35(25-31-38)40-15-9-17-44-42-13-5-7-19-46(42)51-48(40)44/h1-6,8-18,20-31H. The summed E-state index contributed by atoms with van der Waals surface area (Å²) in [5, 5.41) is 4.39. The van der Waals surface area contributed by atoms with Crippen molar-refractivity contribution in [3.63, 3.8) is 0 Å². The molecule has 2 aromatic heterocycles. The summed E-state index contributed by atoms with van der Waals surface area (Å²) in [6, 6.07) is 67.7. The Bertz CT molecular complexity index is 2670. The average molecular weight is 652 g/mol. The second kappa shape index (κ2) is 11.8. The smallest absolute Gasteiger partial charge is 0.185 e. The summed E-state index contributed by atoms with van der Waals surface area (Å²) in [4.78, 5) is 2.30. The lowest BCUT2D eigenvalue weighted by Crippen LogP contribution is -2.09. The Labute approximate surface area is 295 Å². The first-order chi connectivity index (χ1) is 25.3. The summed E-state index contributed by atoms with van der Waals surface area (Å²) >= 11 is 0. The first-order valence-corrected chi connectivity index (χ1v) is 17.1. The van der Waals surface area contributed by atoms with Crippen LogP contribution in [-0.2, 0) is 0 Å². The zero-order valence-corrected chi connectivity index (χ0v) is 27.5. The monoisotopic (exact) mass is 651 g/mol. The van der Waals surface area contributed by atoms with Crippen molar-refractivity contribution in [2.24, 2.45) is 0 Å². The molecule has 0 unspecified atom stereocenters. The predicted molar refractivity (Wildman–Crippen MR) is 210 cm³/mol. The van der Waals surface area contributed by atoms with E-state index < -0.39 is 0 Å². The second-order valence-corrected chi connectivity index (χ2v) is 12.8. The minimum absolute atomic E-state index is 0.724. The van der Waals surface area contributed by atoms with Gasteiger partial charge in [-0.15, -0.1) is 0 Å². The van der Waals surface area contributed by atoms with Gasteiger partial charge in [0, 0.05) is 49.7 Å². The van der Waals surface area contributed by atoms with Gasteiger partial charge in [-0.1, -0.05) is 127 Å². The molecule has 0 amide bonds. The van der Waals surface area contributed by atoms with E-state index in [4.69, 9.17) is 8.83 Å². The van der Waals surface area contributed by atoms with Crippen molar-refractivity contribution >= 4 is 60.9 Å². The summed E-state index contributed by atoms with van der Waals surface area (Å²) in [7, 11) is 0. The van der Waals surface area contributed by atoms with Gasteiger partial charge < -0.3 is 13.7 Å². The lowest BCUT2D eigenvalue weighted by molar-refractivity contribution is 0.669. The number of nitrogens with zero attached hydrogens (tertiary/aromatic N) is 1. The van der Waals surface area contributed by atoms with Crippen molar-refractivity contribution in [2.75, 3.05) is 4.90 Å². The van der Waals surface area contributed by atoms with Gasteiger partial charge in [0.25, 0.3) is 0 Å². The van der Waals surface area contributed by atoms with Crippen LogP contribution < -0.4 is 4.90 Å². The molecule has 0 radical (unpaired) electrons. The highest BCUT2D eigenvalue weighted by molar-refractivity contribution is 6.10. The molecular formula is C48H29NO2. The van der Waals surface area contributed by atoms with Gasteiger partial charge >= 0.3 is 0 Å². The molecule has 2 heterocycles. The number of benzene rings is 7. The van der Waals surface area contributed by atoms with Crippen LogP contribution in [-0.4, -0.2) is 0 Å². The van der Waals surface area contributed by atoms with Crippen LogP contribution in [0.15, 0.2) is 185 Å². The maximum Gasteiger partial charge on any atom is 0.185 e. The number of anilines is 3. The lowest BCUT2D eigenvalue weighted by atomic mass is 10.0. The molecule has 0 N–H and O–H groups in total. The molecule has 10 rings (SSSR count). The van der Waals surface area contributed by atoms with Crippen molar-refractivity contribution in [1.82, 2.24) is 0 Å². The van der Waals surface area contributed by atoms with Crippen molar-refractivity contribution in [3.8, 4) is 33.4 Å². The van der Waals surface area contributed by atoms with Gasteiger partial charge in [-0.2, -0.15) is 0 Å². The minimum Gasteiger partial charge on any atom is -0.455 e. The topological polar surface area (TPSA) is 29.5 Å². The molecule has 0 aliphatic rings. The fraction of sp³-hybridized carbons (Fsp3) is 0. The quantitative estimate of drug-likeness (QED) is 0.179. The van der Waals surface area contributed by atoms with E-state index in [1.165, 1.54) is 11.1 Å². The molecule has 8 aromatic carbocycles. The first-order valence-electron chi connectivity index (χ1n) is 17.1. The van der Waals surface area contributed by atoms with Gasteiger partial charge in [-0.3, -0.25) is 0 Å². The highest BCUT2D eigenvalue weighted by atomic mass is 16.3. The molecule has 0 atom stereocenters. The molecule has 51 heavy (non-hydrogen) atoms. The van der Waals surface area contributed by atoms with E-state index in [2.05, 4.69) is 163 Å². The highest BCUT2D eigenvalue weighted by Crippen LogP contribution is 2.41. The largest absolute Gasteiger partial charge is 0.455 e. The number of furan rings is 2. The Morgan fingerprint density at radius 3 is 1.53 bits per heavy atom. The molecule has 0 fully saturated rings. The van der Waals surface area contributed by atoms with E-state index in [1.54, 1.807) is 0 Å². The Kier molecular flexibility index (Phi) is 6.72. The lowest BCUT2D eigenvalue weighted by Gasteiger charge is -2.26. The minimum atomic E-state index is 0.724. The third kappa shape index (κ3) is 4.93. The van der Waals surface area contributed by atoms with Gasteiger partial charge in [0.15, 0.2) is 5.58 Å². The van der Waals surface area contributed by atoms with Crippen LogP contribution >= 0.6 is 0 Å². The molecule has 238 valence electrons. The zero-order valence-electron chi connectivity index (χ0n) is 27.5. The Morgan fingerprint density at radius 1 is 0.373 bits per heavy atom. The number of fused-ring (bicyclic) bond motifs is 6. The van der Waals surface area contributed by atoms with Gasteiger partial charge in [0.2, 0.25) is 0 Å². The van der Waals surface area contributed by atoms with Crippen LogP contribution in [0.5, 0.6) is 0 Å². The van der Waals surface area contributed by atoms with Crippen LogP contribution in [0.1, 0.15) is 0 Å². The summed E-state index contributed by atoms with van der Waals surface area (Å²) < 4.78 is 12.7. The molecule has 0 spiro atoms. The molecule has 3 nitrogen and oxygen atoms in total. The number of hydrogen-bond acceptors (Lipinski definition) is 3. The van der Waals surface area contributed by atoms with Crippen LogP contribution in [0.25, 0.3) is 77.3 Å². The maximum atomic E-state index is 6.37. The summed E-state index contributed by atoms with van der Waals surface area (Å²) in [6.45, 7) is 0. The van der Waals surface area contributed by atoms with Crippen molar-refractivity contribution < 1.29 is 8.83 Å². The molecule has 0 aliphatic carbocycles. The molecule has 0 saturated carbocycles. The average Bonchev–Trinajstić information content (AvgIpc) is 3.78. The Balaban J connectivity index is 1.06. The fourth-order valence-corrected chi connectivity index (χ4v) is 7.29. The molecule has 10 aromatic rings. The molecular weight excluding hydrogens is 623 g/mol. The van der Waals surface area contributed by atoms with Crippen molar-refractivity contribution in [3.05, 3.63) is 188 Å². The zero-order chi connectivity index (χ0) is 33.7. The summed E-state index contributed by atoms with van der Waals surface area (Å²) in [5.41, 5.74) is 13.3. The Hall–Kier alpha value is -7.02. The highest BCUT2D eigenvalue weighted by Gasteiger charge is 2.17. The van der Waals surface area contributed by atoms with E-state index in [1.807, 2.05) is 30.3 Å². The molecule has 0 bridgehead atoms. The number of hydrogen-bond donors (Lipinski definition) is 0. The van der Waals surface area contributed by atoms with Gasteiger partial charge in [0.1, 0.15) is 16.7 Å². The predicted octanol–water partition coefficient (Wildman–Crippen LogP) is 13.6. The van der Waals surface area contributed by atoms with Crippen LogP contribution in [0, 0.1) is 12.1 Å². The molecule has 3 heteroatoms. The van der Waals surface area contributed by atoms with Crippen molar-refractivity contribution in [2.45, 2.75) is 0 Å². The maximum absolute atomic E-state index is 6.37. The number of rotatable bonds is 6. The van der Waals surface area contributed by atoms with Crippen molar-refractivity contribution in [1.29, 1.82) is 0 Å². The van der Waals surface area contributed by atoms with E-state index >= 15 is 0 Å². The fourth-order valence-electron chi connectivity index (χ4n) is 7.29. The SMILES string of the molecule is c1ccc2c(c#1)oc1c(-c3ccc(N(c4ccc(-c5ccccc5)cc4)c4ccc(-c5cccc6c5oc5ccccc56)cc4)cc3)cccc12. The van der Waals surface area contributed by atoms with Gasteiger partial charge in [0.05, 0.1) is 0 Å². The van der Waals surface area contributed by atoms with Crippen LogP contribution in [0.4, 0.5) is 17.1 Å². The van der Waals surface area contributed by atoms with E-state index in [0.717, 1.165) is 83.2 Å². The third-order valence-corrected chi connectivity index (χ3v) is 9.78. The Morgan fingerprint density at radius 2 is 0.882 bits per heavy atom. The summed E-state index contributed by atoms with van der Waals surface area (Å²) in [5.74, 6) is 0. The number of para-hydroxylation sites is 3. The summed E-state index contributed by atoms with van der Waals surface area (Å²) in [6.07, 6.45) is 0. The van der Waals surface area contributed by atoms with Gasteiger partial charge in [-0.05, 0) is 82.9 Å². The normalized spacial score (nSPS) is 11.4. The first kappa shape index (κ1) is 28.9. The van der Waals surface area contributed by atoms with Gasteiger partial charge in [-0.25, -0.2) is 0 Å².